The van der Waals surface area contributed by atoms with E-state index in [1.54, 1.807) is 13.1 Å². The summed E-state index contributed by atoms with van der Waals surface area (Å²) in [5.74, 6) is 0.312. The van der Waals surface area contributed by atoms with E-state index in [1.807, 2.05) is 13.8 Å². The predicted octanol–water partition coefficient (Wildman–Crippen LogP) is 3.79. The quantitative estimate of drug-likeness (QED) is 0.905. The zero-order valence-corrected chi connectivity index (χ0v) is 12.1. The summed E-state index contributed by atoms with van der Waals surface area (Å²) in [4.78, 5) is 13.9. The van der Waals surface area contributed by atoms with Crippen molar-refractivity contribution in [1.82, 2.24) is 4.98 Å². The summed E-state index contributed by atoms with van der Waals surface area (Å²) in [5.41, 5.74) is 0.0674. The number of hydrogen-bond donors (Lipinski definition) is 2. The molecule has 2 N–H and O–H groups in total. The number of alkyl halides is 3. The van der Waals surface area contributed by atoms with Gasteiger partial charge in [-0.05, 0) is 30.0 Å². The van der Waals surface area contributed by atoms with Crippen LogP contribution in [0, 0.1) is 5.92 Å². The Balaban J connectivity index is 2.79. The molecular weight excluding hydrogens is 281 g/mol. The smallest absolute Gasteiger partial charge is 0.388 e. The molecule has 0 radical (unpaired) electrons. The number of halogens is 3. The van der Waals surface area contributed by atoms with Crippen LogP contribution in [0.15, 0.2) is 23.0 Å². The van der Waals surface area contributed by atoms with E-state index in [9.17, 15) is 18.0 Å². The Morgan fingerprint density at radius 1 is 1.24 bits per heavy atom. The summed E-state index contributed by atoms with van der Waals surface area (Å²) in [6, 6.07) is 3.68. The lowest BCUT2D eigenvalue weighted by atomic mass is 9.97. The van der Waals surface area contributed by atoms with Gasteiger partial charge in [0.1, 0.15) is 0 Å². The highest BCUT2D eigenvalue weighted by atomic mass is 19.4. The van der Waals surface area contributed by atoms with Gasteiger partial charge in [0.25, 0.3) is 0 Å². The van der Waals surface area contributed by atoms with Crippen molar-refractivity contribution >= 4 is 16.6 Å². The lowest BCUT2D eigenvalue weighted by Crippen LogP contribution is -2.14. The molecule has 1 aromatic heterocycles. The Hall–Kier alpha value is -1.98. The minimum atomic E-state index is -4.55. The van der Waals surface area contributed by atoms with E-state index in [1.165, 1.54) is 6.07 Å². The minimum absolute atomic E-state index is 0.0248. The first-order chi connectivity index (χ1) is 9.72. The van der Waals surface area contributed by atoms with E-state index in [4.69, 9.17) is 0 Å². The molecule has 2 rings (SSSR count). The summed E-state index contributed by atoms with van der Waals surface area (Å²) in [7, 11) is 1.71. The first-order valence-corrected chi connectivity index (χ1v) is 6.67. The van der Waals surface area contributed by atoms with Gasteiger partial charge in [-0.2, -0.15) is 13.2 Å². The van der Waals surface area contributed by atoms with Gasteiger partial charge >= 0.3 is 6.18 Å². The number of H-pyrrole nitrogens is 1. The van der Waals surface area contributed by atoms with Gasteiger partial charge in [0.2, 0.25) is 5.56 Å². The molecule has 21 heavy (non-hydrogen) atoms. The van der Waals surface area contributed by atoms with Crippen LogP contribution in [0.25, 0.3) is 10.9 Å². The number of fused-ring (bicyclic) bond motifs is 1. The number of aromatic amines is 1. The van der Waals surface area contributed by atoms with Crippen molar-refractivity contribution in [3.63, 3.8) is 0 Å². The number of aromatic nitrogens is 1. The second-order valence-electron chi connectivity index (χ2n) is 5.45. The normalized spacial score (nSPS) is 12.1. The molecule has 0 atom stereocenters. The molecule has 1 aromatic carbocycles. The fourth-order valence-electron chi connectivity index (χ4n) is 2.42. The van der Waals surface area contributed by atoms with Crippen LogP contribution < -0.4 is 10.9 Å². The standard InChI is InChI=1S/C15H17F3N2O/c1-8(2)4-9-5-10-11(15(16,17)18)6-14(21)20-13(10)7-12(9)19-3/h5-8,19H,4H2,1-3H3,(H,20,21). The summed E-state index contributed by atoms with van der Waals surface area (Å²) in [6.07, 6.45) is -3.90. The van der Waals surface area contributed by atoms with Crippen LogP contribution in [-0.4, -0.2) is 12.0 Å². The highest BCUT2D eigenvalue weighted by molar-refractivity contribution is 5.87. The number of benzene rings is 1. The summed E-state index contributed by atoms with van der Waals surface area (Å²) in [5, 5.41) is 2.99. The zero-order chi connectivity index (χ0) is 15.8. The Kier molecular flexibility index (Phi) is 3.98. The van der Waals surface area contributed by atoms with Crippen molar-refractivity contribution in [1.29, 1.82) is 0 Å². The maximum atomic E-state index is 13.1. The monoisotopic (exact) mass is 298 g/mol. The van der Waals surface area contributed by atoms with Crippen LogP contribution in [0.4, 0.5) is 18.9 Å². The number of rotatable bonds is 3. The van der Waals surface area contributed by atoms with E-state index in [2.05, 4.69) is 10.3 Å². The second kappa shape index (κ2) is 5.42. The molecule has 0 fully saturated rings. The molecule has 0 bridgehead atoms. The fourth-order valence-corrected chi connectivity index (χ4v) is 2.42. The predicted molar refractivity (Wildman–Crippen MR) is 77.7 cm³/mol. The van der Waals surface area contributed by atoms with Gasteiger partial charge in [-0.25, -0.2) is 0 Å². The van der Waals surface area contributed by atoms with Crippen molar-refractivity contribution in [2.75, 3.05) is 12.4 Å². The molecule has 6 heteroatoms. The maximum absolute atomic E-state index is 13.1. The van der Waals surface area contributed by atoms with Crippen molar-refractivity contribution in [2.24, 2.45) is 5.92 Å². The van der Waals surface area contributed by atoms with Crippen LogP contribution in [0.2, 0.25) is 0 Å². The molecule has 0 aliphatic heterocycles. The molecule has 2 aromatic rings. The van der Waals surface area contributed by atoms with E-state index in [0.717, 1.165) is 11.3 Å². The van der Waals surface area contributed by atoms with Gasteiger partial charge in [0.15, 0.2) is 0 Å². The third-order valence-electron chi connectivity index (χ3n) is 3.27. The molecule has 3 nitrogen and oxygen atoms in total. The molecule has 0 aliphatic carbocycles. The van der Waals surface area contributed by atoms with Crippen molar-refractivity contribution < 1.29 is 13.2 Å². The van der Waals surface area contributed by atoms with Gasteiger partial charge in [-0.1, -0.05) is 13.8 Å². The van der Waals surface area contributed by atoms with Gasteiger partial charge in [-0.15, -0.1) is 0 Å². The van der Waals surface area contributed by atoms with Crippen LogP contribution in [-0.2, 0) is 12.6 Å². The number of nitrogens with one attached hydrogen (secondary N) is 2. The molecule has 0 amide bonds. The molecule has 0 saturated carbocycles. The van der Waals surface area contributed by atoms with Crippen molar-refractivity contribution in [3.8, 4) is 0 Å². The molecular formula is C15H17F3N2O. The van der Waals surface area contributed by atoms with Crippen LogP contribution >= 0.6 is 0 Å². The second-order valence-corrected chi connectivity index (χ2v) is 5.45. The molecule has 0 aliphatic rings. The van der Waals surface area contributed by atoms with Crippen molar-refractivity contribution in [3.05, 3.63) is 39.7 Å². The lowest BCUT2D eigenvalue weighted by Gasteiger charge is -2.16. The Labute approximate surface area is 120 Å². The van der Waals surface area contributed by atoms with Gasteiger partial charge in [0, 0.05) is 24.2 Å². The molecule has 114 valence electrons. The Morgan fingerprint density at radius 3 is 2.43 bits per heavy atom. The highest BCUT2D eigenvalue weighted by Crippen LogP contribution is 2.35. The average Bonchev–Trinajstić information content (AvgIpc) is 2.35. The minimum Gasteiger partial charge on any atom is -0.388 e. The first-order valence-electron chi connectivity index (χ1n) is 6.67. The zero-order valence-electron chi connectivity index (χ0n) is 12.1. The molecule has 0 spiro atoms. The van der Waals surface area contributed by atoms with E-state index in [-0.39, 0.29) is 10.9 Å². The SMILES string of the molecule is CNc1cc2[nH]c(=O)cc(C(F)(F)F)c2cc1CC(C)C. The number of anilines is 1. The molecule has 1 heterocycles. The third-order valence-corrected chi connectivity index (χ3v) is 3.27. The topological polar surface area (TPSA) is 44.9 Å². The van der Waals surface area contributed by atoms with E-state index in [0.29, 0.717) is 18.4 Å². The molecule has 0 saturated heterocycles. The van der Waals surface area contributed by atoms with Crippen LogP contribution in [0.1, 0.15) is 25.0 Å². The highest BCUT2D eigenvalue weighted by Gasteiger charge is 2.33. The lowest BCUT2D eigenvalue weighted by molar-refractivity contribution is -0.136. The van der Waals surface area contributed by atoms with Crippen LogP contribution in [0.3, 0.4) is 0 Å². The van der Waals surface area contributed by atoms with Crippen LogP contribution in [0.5, 0.6) is 0 Å². The number of hydrogen-bond acceptors (Lipinski definition) is 2. The fraction of sp³-hybridized carbons (Fsp3) is 0.400. The van der Waals surface area contributed by atoms with Gasteiger partial charge < -0.3 is 10.3 Å². The first kappa shape index (κ1) is 15.4. The van der Waals surface area contributed by atoms with Crippen molar-refractivity contribution in [2.45, 2.75) is 26.4 Å². The summed E-state index contributed by atoms with van der Waals surface area (Å²) < 4.78 is 39.3. The largest absolute Gasteiger partial charge is 0.417 e. The van der Waals surface area contributed by atoms with E-state index >= 15 is 0 Å². The summed E-state index contributed by atoms with van der Waals surface area (Å²) in [6.45, 7) is 4.00. The maximum Gasteiger partial charge on any atom is 0.417 e. The van der Waals surface area contributed by atoms with Gasteiger partial charge in [0.05, 0.1) is 11.1 Å². The number of pyridine rings is 1. The summed E-state index contributed by atoms with van der Waals surface area (Å²) >= 11 is 0. The van der Waals surface area contributed by atoms with E-state index < -0.39 is 17.3 Å². The Morgan fingerprint density at radius 2 is 1.90 bits per heavy atom. The molecule has 0 unspecified atom stereocenters. The third kappa shape index (κ3) is 3.20. The Bertz CT molecular complexity index is 717. The van der Waals surface area contributed by atoms with Gasteiger partial charge in [-0.3, -0.25) is 4.79 Å². The average molecular weight is 298 g/mol.